The van der Waals surface area contributed by atoms with Crippen molar-refractivity contribution < 1.29 is 4.79 Å². The van der Waals surface area contributed by atoms with Crippen molar-refractivity contribution in [1.29, 1.82) is 0 Å². The van der Waals surface area contributed by atoms with Crippen molar-refractivity contribution in [2.24, 2.45) is 5.73 Å². The van der Waals surface area contributed by atoms with Gasteiger partial charge in [0.25, 0.3) is 0 Å². The summed E-state index contributed by atoms with van der Waals surface area (Å²) in [4.78, 5) is 10.6. The van der Waals surface area contributed by atoms with Gasteiger partial charge in [-0.2, -0.15) is 0 Å². The fourth-order valence-electron chi connectivity index (χ4n) is 1.15. The first-order valence-corrected chi connectivity index (χ1v) is 5.17. The van der Waals surface area contributed by atoms with Crippen molar-refractivity contribution in [2.75, 3.05) is 19.6 Å². The average Bonchev–Trinajstić information content (AvgIpc) is 2.09. The highest BCUT2D eigenvalue weighted by atomic mass is 35.5. The maximum absolute atomic E-state index is 10.6. The minimum atomic E-state index is 0. The van der Waals surface area contributed by atoms with Gasteiger partial charge in [0, 0.05) is 6.42 Å². The van der Waals surface area contributed by atoms with E-state index in [0.717, 1.165) is 51.7 Å². The molecular formula is C10H24Cl2N2O. The molecule has 0 aliphatic rings. The van der Waals surface area contributed by atoms with Gasteiger partial charge in [0.15, 0.2) is 0 Å². The molecule has 0 radical (unpaired) electrons. The largest absolute Gasteiger partial charge is 0.330 e. The summed E-state index contributed by atoms with van der Waals surface area (Å²) in [5.74, 6) is 0.302. The fourth-order valence-corrected chi connectivity index (χ4v) is 1.15. The van der Waals surface area contributed by atoms with Gasteiger partial charge in [-0.25, -0.2) is 0 Å². The Hall–Kier alpha value is 0.170. The van der Waals surface area contributed by atoms with E-state index in [9.17, 15) is 4.79 Å². The first-order valence-electron chi connectivity index (χ1n) is 5.17. The highest BCUT2D eigenvalue weighted by Crippen LogP contribution is 1.98. The van der Waals surface area contributed by atoms with E-state index in [-0.39, 0.29) is 24.8 Å². The Kier molecular flexibility index (Phi) is 22.8. The number of unbranched alkanes of at least 4 members (excludes halogenated alkanes) is 2. The van der Waals surface area contributed by atoms with Crippen LogP contribution in [0.1, 0.15) is 39.0 Å². The molecule has 0 aromatic rings. The predicted molar refractivity (Wildman–Crippen MR) is 70.2 cm³/mol. The van der Waals surface area contributed by atoms with Crippen LogP contribution in [0.4, 0.5) is 0 Å². The van der Waals surface area contributed by atoms with Crippen LogP contribution in [0.25, 0.3) is 0 Å². The summed E-state index contributed by atoms with van der Waals surface area (Å²) < 4.78 is 0. The van der Waals surface area contributed by atoms with E-state index in [2.05, 4.69) is 5.32 Å². The summed E-state index contributed by atoms with van der Waals surface area (Å²) in [5.41, 5.74) is 5.35. The van der Waals surface area contributed by atoms with Gasteiger partial charge in [0.2, 0.25) is 0 Å². The number of nitrogens with one attached hydrogen (secondary N) is 1. The van der Waals surface area contributed by atoms with Crippen LogP contribution in [-0.4, -0.2) is 25.4 Å². The zero-order valence-electron chi connectivity index (χ0n) is 9.46. The van der Waals surface area contributed by atoms with E-state index in [1.165, 1.54) is 0 Å². The van der Waals surface area contributed by atoms with Gasteiger partial charge in [-0.05, 0) is 45.8 Å². The minimum Gasteiger partial charge on any atom is -0.330 e. The Balaban J connectivity index is -0.000000720. The summed E-state index contributed by atoms with van der Waals surface area (Å²) in [6, 6.07) is 0. The molecule has 0 saturated heterocycles. The van der Waals surface area contributed by atoms with Gasteiger partial charge in [-0.3, -0.25) is 0 Å². The van der Waals surface area contributed by atoms with Crippen LogP contribution in [0.15, 0.2) is 0 Å². The van der Waals surface area contributed by atoms with Crippen LogP contribution in [0, 0.1) is 0 Å². The molecule has 0 aliphatic carbocycles. The first-order chi connectivity index (χ1) is 6.27. The molecule has 0 rings (SSSR count). The third-order valence-corrected chi connectivity index (χ3v) is 1.94. The van der Waals surface area contributed by atoms with Crippen LogP contribution in [0.5, 0.6) is 0 Å². The van der Waals surface area contributed by atoms with E-state index in [0.29, 0.717) is 5.78 Å². The maximum Gasteiger partial charge on any atom is 0.129 e. The quantitative estimate of drug-likeness (QED) is 0.622. The van der Waals surface area contributed by atoms with E-state index in [4.69, 9.17) is 5.73 Å². The Morgan fingerprint density at radius 2 is 1.67 bits per heavy atom. The lowest BCUT2D eigenvalue weighted by Crippen LogP contribution is -2.19. The smallest absolute Gasteiger partial charge is 0.129 e. The monoisotopic (exact) mass is 258 g/mol. The van der Waals surface area contributed by atoms with E-state index in [1.807, 2.05) is 0 Å². The van der Waals surface area contributed by atoms with Crippen molar-refractivity contribution >= 4 is 30.6 Å². The lowest BCUT2D eigenvalue weighted by atomic mass is 10.1. The number of hydrogen-bond donors (Lipinski definition) is 2. The highest BCUT2D eigenvalue weighted by Gasteiger charge is 1.93. The van der Waals surface area contributed by atoms with Crippen LogP contribution in [0.2, 0.25) is 0 Å². The van der Waals surface area contributed by atoms with Gasteiger partial charge < -0.3 is 15.8 Å². The molecule has 0 fully saturated rings. The molecule has 3 N–H and O–H groups in total. The SMILES string of the molecule is CC(=O)CCCCCNCCCN.Cl.Cl. The van der Waals surface area contributed by atoms with Crippen LogP contribution < -0.4 is 11.1 Å². The number of hydrogen-bond acceptors (Lipinski definition) is 3. The van der Waals surface area contributed by atoms with Gasteiger partial charge >= 0.3 is 0 Å². The Morgan fingerprint density at radius 3 is 2.20 bits per heavy atom. The molecular weight excluding hydrogens is 235 g/mol. The average molecular weight is 259 g/mol. The summed E-state index contributed by atoms with van der Waals surface area (Å²) >= 11 is 0. The highest BCUT2D eigenvalue weighted by molar-refractivity contribution is 5.85. The first kappa shape index (κ1) is 20.6. The molecule has 0 unspecified atom stereocenters. The molecule has 94 valence electrons. The van der Waals surface area contributed by atoms with Crippen LogP contribution in [-0.2, 0) is 4.79 Å². The molecule has 0 amide bonds. The lowest BCUT2D eigenvalue weighted by Gasteiger charge is -2.02. The summed E-state index contributed by atoms with van der Waals surface area (Å²) in [6.07, 6.45) is 5.14. The molecule has 0 atom stereocenters. The molecule has 0 saturated carbocycles. The van der Waals surface area contributed by atoms with Crippen molar-refractivity contribution in [3.05, 3.63) is 0 Å². The molecule has 0 aliphatic heterocycles. The lowest BCUT2D eigenvalue weighted by molar-refractivity contribution is -0.117. The normalized spacial score (nSPS) is 8.93. The van der Waals surface area contributed by atoms with Crippen LogP contribution >= 0.6 is 24.8 Å². The molecule has 0 bridgehead atoms. The zero-order chi connectivity index (χ0) is 9.94. The summed E-state index contributed by atoms with van der Waals surface area (Å²) in [7, 11) is 0. The Labute approximate surface area is 105 Å². The second kappa shape index (κ2) is 16.6. The molecule has 3 nitrogen and oxygen atoms in total. The van der Waals surface area contributed by atoms with Crippen molar-refractivity contribution in [3.8, 4) is 0 Å². The van der Waals surface area contributed by atoms with E-state index >= 15 is 0 Å². The van der Waals surface area contributed by atoms with Crippen molar-refractivity contribution in [2.45, 2.75) is 39.0 Å². The third-order valence-electron chi connectivity index (χ3n) is 1.94. The van der Waals surface area contributed by atoms with Crippen molar-refractivity contribution in [3.63, 3.8) is 0 Å². The minimum absolute atomic E-state index is 0. The number of nitrogens with two attached hydrogens (primary N) is 1. The second-order valence-electron chi connectivity index (χ2n) is 3.40. The number of halogens is 2. The maximum atomic E-state index is 10.6. The topological polar surface area (TPSA) is 55.1 Å². The number of carbonyl (C=O) groups excluding carboxylic acids is 1. The second-order valence-corrected chi connectivity index (χ2v) is 3.40. The summed E-state index contributed by atoms with van der Waals surface area (Å²) in [5, 5.41) is 3.31. The number of rotatable bonds is 9. The number of carbonyl (C=O) groups is 1. The van der Waals surface area contributed by atoms with Gasteiger partial charge in [0.05, 0.1) is 0 Å². The molecule has 0 aromatic carbocycles. The zero-order valence-corrected chi connectivity index (χ0v) is 11.1. The third kappa shape index (κ3) is 20.3. The van der Waals surface area contributed by atoms with E-state index in [1.54, 1.807) is 6.92 Å². The van der Waals surface area contributed by atoms with Gasteiger partial charge in [-0.1, -0.05) is 6.42 Å². The van der Waals surface area contributed by atoms with Crippen LogP contribution in [0.3, 0.4) is 0 Å². The molecule has 0 spiro atoms. The molecule has 15 heavy (non-hydrogen) atoms. The fraction of sp³-hybridized carbons (Fsp3) is 0.900. The van der Waals surface area contributed by atoms with Crippen molar-refractivity contribution in [1.82, 2.24) is 5.32 Å². The Bertz CT molecular complexity index is 135. The number of Topliss-reactive ketones (excluding diaryl/α,β-unsaturated/α-hetero) is 1. The molecule has 5 heteroatoms. The van der Waals surface area contributed by atoms with E-state index < -0.39 is 0 Å². The Morgan fingerprint density at radius 1 is 1.07 bits per heavy atom. The molecule has 0 aromatic heterocycles. The van der Waals surface area contributed by atoms with Gasteiger partial charge in [-0.15, -0.1) is 24.8 Å². The van der Waals surface area contributed by atoms with Gasteiger partial charge in [0.1, 0.15) is 5.78 Å². The summed E-state index contributed by atoms with van der Waals surface area (Å²) in [6.45, 7) is 4.48. The standard InChI is InChI=1S/C10H22N2O.2ClH/c1-10(13)6-3-2-4-8-12-9-5-7-11;;/h12H,2-9,11H2,1H3;2*1H. The molecule has 0 heterocycles. The number of ketones is 1. The predicted octanol–water partition coefficient (Wildman–Crippen LogP) is 1.92.